The minimum Gasteiger partial charge on any atom is -0.479 e. The molecule has 0 bridgehead atoms. The minimum absolute atomic E-state index is 0.00896. The van der Waals surface area contributed by atoms with Crippen LogP contribution in [0.5, 0.6) is 0 Å². The lowest BCUT2D eigenvalue weighted by molar-refractivity contribution is -0.147. The average Bonchev–Trinajstić information content (AvgIpc) is 2.82. The van der Waals surface area contributed by atoms with Gasteiger partial charge in [-0.1, -0.05) is 35.9 Å². The van der Waals surface area contributed by atoms with Gasteiger partial charge in [0, 0.05) is 11.4 Å². The van der Waals surface area contributed by atoms with Gasteiger partial charge in [0.25, 0.3) is 11.8 Å². The second-order valence-electron chi connectivity index (χ2n) is 5.87. The molecule has 2 aromatic rings. The highest BCUT2D eigenvalue weighted by atomic mass is 35.5. The molecule has 1 unspecified atom stereocenters. The van der Waals surface area contributed by atoms with E-state index < -0.39 is 23.3 Å². The molecule has 0 aromatic heterocycles. The summed E-state index contributed by atoms with van der Waals surface area (Å²) in [7, 11) is 0. The number of carboxylic acid groups (broad SMARTS) is 1. The Labute approximate surface area is 143 Å². The van der Waals surface area contributed by atoms with Crippen LogP contribution >= 0.6 is 11.6 Å². The van der Waals surface area contributed by atoms with Crippen LogP contribution in [0.3, 0.4) is 0 Å². The van der Waals surface area contributed by atoms with Crippen molar-refractivity contribution in [3.63, 3.8) is 0 Å². The molecular weight excluding hydrogens is 330 g/mol. The fraction of sp³-hybridized carbons (Fsp3) is 0.167. The molecule has 122 valence electrons. The second kappa shape index (κ2) is 5.76. The van der Waals surface area contributed by atoms with Gasteiger partial charge in [0.2, 0.25) is 0 Å². The van der Waals surface area contributed by atoms with Crippen LogP contribution < -0.4 is 0 Å². The second-order valence-corrected chi connectivity index (χ2v) is 6.31. The van der Waals surface area contributed by atoms with Gasteiger partial charge in [0.15, 0.2) is 0 Å². The highest BCUT2D eigenvalue weighted by molar-refractivity contribution is 6.30. The van der Waals surface area contributed by atoms with E-state index in [9.17, 15) is 19.5 Å². The van der Waals surface area contributed by atoms with Crippen molar-refractivity contribution in [2.24, 2.45) is 0 Å². The first-order valence-electron chi connectivity index (χ1n) is 7.30. The maximum atomic E-state index is 12.6. The van der Waals surface area contributed by atoms with Crippen LogP contribution in [-0.4, -0.2) is 33.3 Å². The van der Waals surface area contributed by atoms with E-state index in [1.165, 1.54) is 19.1 Å². The molecule has 0 spiro atoms. The average molecular weight is 344 g/mol. The Kier molecular flexibility index (Phi) is 3.89. The highest BCUT2D eigenvalue weighted by Gasteiger charge is 2.50. The molecule has 6 heteroatoms. The lowest BCUT2D eigenvalue weighted by atomic mass is 9.91. The first-order valence-corrected chi connectivity index (χ1v) is 7.68. The molecule has 5 nitrogen and oxygen atoms in total. The molecule has 24 heavy (non-hydrogen) atoms. The Morgan fingerprint density at radius 2 is 1.54 bits per heavy atom. The Morgan fingerprint density at radius 3 is 2.00 bits per heavy atom. The molecule has 2 amide bonds. The Hall–Kier alpha value is -2.66. The van der Waals surface area contributed by atoms with Gasteiger partial charge >= 0.3 is 5.97 Å². The van der Waals surface area contributed by atoms with Crippen molar-refractivity contribution in [3.05, 3.63) is 70.2 Å². The van der Waals surface area contributed by atoms with E-state index in [4.69, 9.17) is 11.6 Å². The zero-order valence-electron chi connectivity index (χ0n) is 12.8. The summed E-state index contributed by atoms with van der Waals surface area (Å²) in [5.74, 6) is -2.42. The Morgan fingerprint density at radius 1 is 1.04 bits per heavy atom. The zero-order chi connectivity index (χ0) is 17.5. The number of hydrogen-bond acceptors (Lipinski definition) is 3. The molecule has 2 aromatic carbocycles. The van der Waals surface area contributed by atoms with Gasteiger partial charge in [-0.05, 0) is 36.8 Å². The third-order valence-corrected chi connectivity index (χ3v) is 4.46. The van der Waals surface area contributed by atoms with E-state index in [0.29, 0.717) is 10.6 Å². The first kappa shape index (κ1) is 16.2. The van der Waals surface area contributed by atoms with E-state index in [0.717, 1.165) is 4.90 Å². The van der Waals surface area contributed by atoms with Crippen LogP contribution in [0, 0.1) is 0 Å². The minimum atomic E-state index is -1.69. The van der Waals surface area contributed by atoms with Gasteiger partial charge in [-0.3, -0.25) is 14.5 Å². The van der Waals surface area contributed by atoms with E-state index in [1.54, 1.807) is 36.4 Å². The first-order chi connectivity index (χ1) is 11.3. The predicted molar refractivity (Wildman–Crippen MR) is 88.1 cm³/mol. The summed E-state index contributed by atoms with van der Waals surface area (Å²) in [5, 5.41) is 10.3. The Bertz CT molecular complexity index is 811. The molecule has 0 radical (unpaired) electrons. The highest BCUT2D eigenvalue weighted by Crippen LogP contribution is 2.32. The third-order valence-electron chi connectivity index (χ3n) is 4.21. The molecule has 1 aliphatic heterocycles. The number of rotatable bonds is 4. The molecule has 0 saturated heterocycles. The summed E-state index contributed by atoms with van der Waals surface area (Å²) in [5.41, 5.74) is -0.570. The van der Waals surface area contributed by atoms with Crippen molar-refractivity contribution in [1.29, 1.82) is 0 Å². The Balaban J connectivity index is 2.03. The summed E-state index contributed by atoms with van der Waals surface area (Å²) in [6.07, 6.45) is -0.00896. The molecule has 0 saturated carbocycles. The maximum absolute atomic E-state index is 12.6. The number of benzene rings is 2. The number of amides is 2. The van der Waals surface area contributed by atoms with Crippen molar-refractivity contribution in [1.82, 2.24) is 4.90 Å². The molecule has 1 aliphatic rings. The van der Waals surface area contributed by atoms with Gasteiger partial charge in [0.05, 0.1) is 11.1 Å². The maximum Gasteiger partial charge on any atom is 0.330 e. The van der Waals surface area contributed by atoms with Gasteiger partial charge in [-0.2, -0.15) is 0 Å². The number of aliphatic carboxylic acids is 1. The summed E-state index contributed by atoms with van der Waals surface area (Å²) in [6, 6.07) is 13.0. The molecule has 1 N–H and O–H groups in total. The topological polar surface area (TPSA) is 74.7 Å². The van der Waals surface area contributed by atoms with E-state index in [1.807, 2.05) is 0 Å². The van der Waals surface area contributed by atoms with Gasteiger partial charge in [0.1, 0.15) is 5.54 Å². The van der Waals surface area contributed by atoms with Crippen LogP contribution in [-0.2, 0) is 11.2 Å². The molecule has 0 aliphatic carbocycles. The number of carboxylic acids is 1. The van der Waals surface area contributed by atoms with Crippen LogP contribution in [0.15, 0.2) is 48.5 Å². The summed E-state index contributed by atoms with van der Waals surface area (Å²) in [4.78, 5) is 38.0. The van der Waals surface area contributed by atoms with Crippen molar-refractivity contribution in [3.8, 4) is 0 Å². The van der Waals surface area contributed by atoms with Crippen molar-refractivity contribution in [2.75, 3.05) is 0 Å². The van der Waals surface area contributed by atoms with Crippen LogP contribution in [0.1, 0.15) is 33.2 Å². The van der Waals surface area contributed by atoms with Crippen LogP contribution in [0.25, 0.3) is 0 Å². The third kappa shape index (κ3) is 2.47. The SMILES string of the molecule is CC(Cc1ccc(Cl)cc1)(C(=O)O)N1C(=O)c2ccccc2C1=O. The number of nitrogens with zero attached hydrogens (tertiary/aromatic N) is 1. The number of hydrogen-bond donors (Lipinski definition) is 1. The number of halogens is 1. The van der Waals surface area contributed by atoms with E-state index in [2.05, 4.69) is 0 Å². The van der Waals surface area contributed by atoms with E-state index >= 15 is 0 Å². The summed E-state index contributed by atoms with van der Waals surface area (Å²) >= 11 is 5.84. The standard InChI is InChI=1S/C18H14ClNO4/c1-18(17(23)24,10-11-6-8-12(19)9-7-11)20-15(21)13-4-2-3-5-14(13)16(20)22/h2-9H,10H2,1H3,(H,23,24). The smallest absolute Gasteiger partial charge is 0.330 e. The number of imide groups is 1. The van der Waals surface area contributed by atoms with Gasteiger partial charge in [-0.25, -0.2) is 4.79 Å². The normalized spacial score (nSPS) is 16.0. The molecule has 3 rings (SSSR count). The van der Waals surface area contributed by atoms with Gasteiger partial charge in [-0.15, -0.1) is 0 Å². The summed E-state index contributed by atoms with van der Waals surface area (Å²) < 4.78 is 0. The molecular formula is C18H14ClNO4. The summed E-state index contributed by atoms with van der Waals surface area (Å²) in [6.45, 7) is 1.38. The molecule has 1 atom stereocenters. The fourth-order valence-electron chi connectivity index (χ4n) is 2.89. The molecule has 1 heterocycles. The van der Waals surface area contributed by atoms with Crippen molar-refractivity contribution in [2.45, 2.75) is 18.9 Å². The van der Waals surface area contributed by atoms with Crippen molar-refractivity contribution >= 4 is 29.4 Å². The van der Waals surface area contributed by atoms with Gasteiger partial charge < -0.3 is 5.11 Å². The van der Waals surface area contributed by atoms with Crippen LogP contribution in [0.2, 0.25) is 5.02 Å². The van der Waals surface area contributed by atoms with Crippen LogP contribution in [0.4, 0.5) is 0 Å². The largest absolute Gasteiger partial charge is 0.479 e. The monoisotopic (exact) mass is 343 g/mol. The number of fused-ring (bicyclic) bond motifs is 1. The lowest BCUT2D eigenvalue weighted by Crippen LogP contribution is -2.56. The molecule has 0 fully saturated rings. The predicted octanol–water partition coefficient (Wildman–Crippen LogP) is 3.02. The zero-order valence-corrected chi connectivity index (χ0v) is 13.6. The van der Waals surface area contributed by atoms with E-state index in [-0.39, 0.29) is 17.5 Å². The lowest BCUT2D eigenvalue weighted by Gasteiger charge is -2.33. The fourth-order valence-corrected chi connectivity index (χ4v) is 3.01. The van der Waals surface area contributed by atoms with Crippen molar-refractivity contribution < 1.29 is 19.5 Å². The number of carbonyl (C=O) groups is 3. The quantitative estimate of drug-likeness (QED) is 0.866. The number of carbonyl (C=O) groups excluding carboxylic acids is 2.